The number of carbonyl (C=O) groups is 1. The lowest BCUT2D eigenvalue weighted by atomic mass is 10.3. The van der Waals surface area contributed by atoms with E-state index in [2.05, 4.69) is 10.2 Å². The highest BCUT2D eigenvalue weighted by atomic mass is 35.5. The summed E-state index contributed by atoms with van der Waals surface area (Å²) in [5.74, 6) is 0.0626. The summed E-state index contributed by atoms with van der Waals surface area (Å²) in [5, 5.41) is 11.1. The standard InChI is InChI=1S/C13H9Cl2N3O2S/c1-6-5-21-10(9(6)15)12-17-16-11-8(14)3-7(4-18(11)12)13(19)20-2/h3-5H,1-2H3. The van der Waals surface area contributed by atoms with Crippen LogP contribution in [0.5, 0.6) is 0 Å². The molecule has 0 fully saturated rings. The molecular weight excluding hydrogens is 333 g/mol. The number of nitrogens with zero attached hydrogens (tertiary/aromatic N) is 3. The Hall–Kier alpha value is -1.63. The minimum absolute atomic E-state index is 0.320. The van der Waals surface area contributed by atoms with Crippen molar-refractivity contribution in [3.05, 3.63) is 38.8 Å². The molecule has 21 heavy (non-hydrogen) atoms. The fraction of sp³-hybridized carbons (Fsp3) is 0.154. The second-order valence-electron chi connectivity index (χ2n) is 4.35. The van der Waals surface area contributed by atoms with E-state index in [-0.39, 0.29) is 0 Å². The van der Waals surface area contributed by atoms with Gasteiger partial charge in [-0.1, -0.05) is 23.2 Å². The van der Waals surface area contributed by atoms with E-state index in [4.69, 9.17) is 27.9 Å². The zero-order valence-corrected chi connectivity index (χ0v) is 13.4. The van der Waals surface area contributed by atoms with Crippen molar-refractivity contribution in [1.29, 1.82) is 0 Å². The quantitative estimate of drug-likeness (QED) is 0.664. The molecule has 0 unspecified atom stereocenters. The first kappa shape index (κ1) is 14.3. The average Bonchev–Trinajstić information content (AvgIpc) is 3.03. The molecule has 0 radical (unpaired) electrons. The molecule has 0 aliphatic heterocycles. The molecule has 0 spiro atoms. The van der Waals surface area contributed by atoms with Crippen molar-refractivity contribution in [3.63, 3.8) is 0 Å². The van der Waals surface area contributed by atoms with E-state index >= 15 is 0 Å². The van der Waals surface area contributed by atoms with E-state index in [0.29, 0.717) is 27.1 Å². The van der Waals surface area contributed by atoms with E-state index in [1.807, 2.05) is 12.3 Å². The van der Waals surface area contributed by atoms with Crippen LogP contribution >= 0.6 is 34.5 Å². The number of hydrogen-bond acceptors (Lipinski definition) is 5. The molecule has 5 nitrogen and oxygen atoms in total. The topological polar surface area (TPSA) is 56.5 Å². The number of halogens is 2. The van der Waals surface area contributed by atoms with Gasteiger partial charge < -0.3 is 4.74 Å². The molecule has 0 aromatic carbocycles. The number of aromatic nitrogens is 3. The second kappa shape index (κ2) is 5.29. The Morgan fingerprint density at radius 3 is 2.76 bits per heavy atom. The largest absolute Gasteiger partial charge is 0.465 e. The number of pyridine rings is 1. The summed E-state index contributed by atoms with van der Waals surface area (Å²) in [6.45, 7) is 1.92. The Morgan fingerprint density at radius 2 is 2.14 bits per heavy atom. The van der Waals surface area contributed by atoms with Crippen molar-refractivity contribution >= 4 is 46.2 Å². The van der Waals surface area contributed by atoms with Crippen LogP contribution in [0.1, 0.15) is 15.9 Å². The zero-order chi connectivity index (χ0) is 15.1. The lowest BCUT2D eigenvalue weighted by molar-refractivity contribution is 0.0600. The summed E-state index contributed by atoms with van der Waals surface area (Å²) in [6, 6.07) is 1.50. The minimum atomic E-state index is -0.480. The Balaban J connectivity index is 2.28. The van der Waals surface area contributed by atoms with Crippen molar-refractivity contribution in [1.82, 2.24) is 14.6 Å². The van der Waals surface area contributed by atoms with Crippen LogP contribution in [0.2, 0.25) is 10.0 Å². The van der Waals surface area contributed by atoms with Gasteiger partial charge in [0.25, 0.3) is 0 Å². The smallest absolute Gasteiger partial charge is 0.339 e. The first-order valence-corrected chi connectivity index (χ1v) is 7.53. The molecule has 0 aliphatic rings. The second-order valence-corrected chi connectivity index (χ2v) is 6.01. The summed E-state index contributed by atoms with van der Waals surface area (Å²) >= 11 is 13.9. The van der Waals surface area contributed by atoms with Crippen molar-refractivity contribution in [3.8, 4) is 10.7 Å². The van der Waals surface area contributed by atoms with E-state index in [1.165, 1.54) is 24.5 Å². The van der Waals surface area contributed by atoms with Crippen molar-refractivity contribution in [2.75, 3.05) is 7.11 Å². The van der Waals surface area contributed by atoms with Crippen LogP contribution in [-0.2, 0) is 4.74 Å². The molecule has 0 atom stereocenters. The van der Waals surface area contributed by atoms with Gasteiger partial charge in [-0.2, -0.15) is 0 Å². The Kier molecular flexibility index (Phi) is 3.61. The third-order valence-corrected chi connectivity index (χ3v) is 4.95. The molecule has 3 rings (SSSR count). The van der Waals surface area contributed by atoms with Gasteiger partial charge in [-0.3, -0.25) is 4.40 Å². The first-order chi connectivity index (χ1) is 10.0. The number of hydrogen-bond donors (Lipinski definition) is 0. The van der Waals surface area contributed by atoms with Gasteiger partial charge in [0.15, 0.2) is 11.5 Å². The van der Waals surface area contributed by atoms with Gasteiger partial charge >= 0.3 is 5.97 Å². The summed E-state index contributed by atoms with van der Waals surface area (Å²) < 4.78 is 6.36. The monoisotopic (exact) mass is 341 g/mol. The molecule has 3 aromatic heterocycles. The SMILES string of the molecule is COC(=O)c1cc(Cl)c2nnc(-c3scc(C)c3Cl)n2c1. The van der Waals surface area contributed by atoms with Gasteiger partial charge in [0, 0.05) is 6.20 Å². The van der Waals surface area contributed by atoms with Crippen LogP contribution in [0.25, 0.3) is 16.3 Å². The average molecular weight is 342 g/mol. The lowest BCUT2D eigenvalue weighted by Gasteiger charge is -2.04. The number of esters is 1. The van der Waals surface area contributed by atoms with E-state index in [0.717, 1.165) is 10.4 Å². The van der Waals surface area contributed by atoms with Gasteiger partial charge in [-0.05, 0) is 23.9 Å². The van der Waals surface area contributed by atoms with Crippen molar-refractivity contribution in [2.24, 2.45) is 0 Å². The van der Waals surface area contributed by atoms with Crippen LogP contribution in [0.15, 0.2) is 17.6 Å². The summed E-state index contributed by atoms with van der Waals surface area (Å²) in [7, 11) is 1.31. The highest BCUT2D eigenvalue weighted by molar-refractivity contribution is 7.14. The van der Waals surface area contributed by atoms with Crippen molar-refractivity contribution < 1.29 is 9.53 Å². The number of thiophene rings is 1. The van der Waals surface area contributed by atoms with Crippen LogP contribution in [0.3, 0.4) is 0 Å². The predicted molar refractivity (Wildman–Crippen MR) is 82.4 cm³/mol. The zero-order valence-electron chi connectivity index (χ0n) is 11.1. The van der Waals surface area contributed by atoms with Gasteiger partial charge in [-0.25, -0.2) is 4.79 Å². The molecule has 0 saturated heterocycles. The number of aryl methyl sites for hydroxylation is 1. The molecule has 8 heteroatoms. The maximum atomic E-state index is 11.7. The highest BCUT2D eigenvalue weighted by Crippen LogP contribution is 2.36. The number of ether oxygens (including phenoxy) is 1. The highest BCUT2D eigenvalue weighted by Gasteiger charge is 2.18. The van der Waals surface area contributed by atoms with Crippen LogP contribution < -0.4 is 0 Å². The number of methoxy groups -OCH3 is 1. The van der Waals surface area contributed by atoms with Gasteiger partial charge in [0.05, 0.1) is 27.6 Å². The molecule has 0 amide bonds. The maximum Gasteiger partial charge on any atom is 0.339 e. The lowest BCUT2D eigenvalue weighted by Crippen LogP contribution is -2.03. The number of carbonyl (C=O) groups excluding carboxylic acids is 1. The van der Waals surface area contributed by atoms with Crippen molar-refractivity contribution in [2.45, 2.75) is 6.92 Å². The van der Waals surface area contributed by atoms with E-state index in [9.17, 15) is 4.79 Å². The normalized spacial score (nSPS) is 11.0. The third kappa shape index (κ3) is 2.29. The summed E-state index contributed by atoms with van der Waals surface area (Å²) in [5.41, 5.74) is 1.74. The fourth-order valence-electron chi connectivity index (χ4n) is 1.92. The molecule has 108 valence electrons. The van der Waals surface area contributed by atoms with E-state index in [1.54, 1.807) is 10.6 Å². The molecule has 0 aliphatic carbocycles. The minimum Gasteiger partial charge on any atom is -0.465 e. The summed E-state index contributed by atoms with van der Waals surface area (Å²) in [4.78, 5) is 12.5. The van der Waals surface area contributed by atoms with E-state index < -0.39 is 5.97 Å². The Labute approximate surface area is 134 Å². The Morgan fingerprint density at radius 1 is 1.38 bits per heavy atom. The predicted octanol–water partition coefficient (Wildman–Crippen LogP) is 3.86. The number of rotatable bonds is 2. The van der Waals surface area contributed by atoms with Gasteiger partial charge in [0.2, 0.25) is 0 Å². The summed E-state index contributed by atoms with van der Waals surface area (Å²) in [6.07, 6.45) is 1.59. The fourth-order valence-corrected chi connectivity index (χ4v) is 3.42. The molecule has 3 aromatic rings. The Bertz CT molecular complexity index is 857. The molecule has 0 bridgehead atoms. The third-order valence-electron chi connectivity index (χ3n) is 2.98. The molecular formula is C13H9Cl2N3O2S. The maximum absolute atomic E-state index is 11.7. The first-order valence-electron chi connectivity index (χ1n) is 5.89. The van der Waals surface area contributed by atoms with Crippen LogP contribution in [0, 0.1) is 6.92 Å². The van der Waals surface area contributed by atoms with Gasteiger partial charge in [0.1, 0.15) is 0 Å². The molecule has 0 N–H and O–H groups in total. The van der Waals surface area contributed by atoms with Crippen LogP contribution in [0.4, 0.5) is 0 Å². The van der Waals surface area contributed by atoms with Crippen LogP contribution in [-0.4, -0.2) is 27.7 Å². The molecule has 0 saturated carbocycles. The van der Waals surface area contributed by atoms with Gasteiger partial charge in [-0.15, -0.1) is 21.5 Å². The number of fused-ring (bicyclic) bond motifs is 1. The molecule has 3 heterocycles.